The summed E-state index contributed by atoms with van der Waals surface area (Å²) in [6, 6.07) is 8.05. The van der Waals surface area contributed by atoms with E-state index in [0.29, 0.717) is 6.61 Å². The fourth-order valence-electron chi connectivity index (χ4n) is 1.93. The molecule has 0 saturated carbocycles. The first-order valence-electron chi connectivity index (χ1n) is 6.25. The first-order valence-corrected chi connectivity index (χ1v) is 6.25. The molecule has 1 aromatic rings. The molecule has 96 valence electrons. The van der Waals surface area contributed by atoms with Gasteiger partial charge in [-0.05, 0) is 19.4 Å². The Hall–Kier alpha value is -1.06. The van der Waals surface area contributed by atoms with Gasteiger partial charge in [-0.15, -0.1) is 0 Å². The molecule has 0 fully saturated rings. The van der Waals surface area contributed by atoms with Crippen molar-refractivity contribution in [2.24, 2.45) is 0 Å². The fraction of sp³-hybridized carbons (Fsp3) is 0.571. The Bertz CT molecular complexity index is 328. The zero-order valence-electron chi connectivity index (χ0n) is 11.0. The summed E-state index contributed by atoms with van der Waals surface area (Å²) in [6.45, 7) is 6.57. The van der Waals surface area contributed by atoms with E-state index in [0.717, 1.165) is 30.8 Å². The summed E-state index contributed by atoms with van der Waals surface area (Å²) < 4.78 is 5.12. The topological polar surface area (TPSA) is 32.7 Å². The van der Waals surface area contributed by atoms with Crippen molar-refractivity contribution >= 4 is 5.69 Å². The van der Waals surface area contributed by atoms with Crippen LogP contribution in [0.4, 0.5) is 5.69 Å². The van der Waals surface area contributed by atoms with Crippen LogP contribution in [0.5, 0.6) is 0 Å². The summed E-state index contributed by atoms with van der Waals surface area (Å²) >= 11 is 0. The minimum absolute atomic E-state index is 0.386. The third-order valence-electron chi connectivity index (χ3n) is 2.97. The van der Waals surface area contributed by atoms with Crippen LogP contribution in [0.15, 0.2) is 24.3 Å². The number of nitrogens with zero attached hydrogens (tertiary/aromatic N) is 1. The quantitative estimate of drug-likeness (QED) is 0.791. The molecule has 0 bridgehead atoms. The van der Waals surface area contributed by atoms with Crippen molar-refractivity contribution in [1.29, 1.82) is 0 Å². The second-order valence-corrected chi connectivity index (χ2v) is 4.06. The molecule has 1 rings (SSSR count). The highest BCUT2D eigenvalue weighted by molar-refractivity contribution is 5.54. The Kier molecular flexibility index (Phi) is 6.01. The van der Waals surface area contributed by atoms with Gasteiger partial charge in [0.25, 0.3) is 0 Å². The van der Waals surface area contributed by atoms with Gasteiger partial charge in [-0.3, -0.25) is 0 Å². The van der Waals surface area contributed by atoms with Crippen molar-refractivity contribution < 1.29 is 9.84 Å². The second-order valence-electron chi connectivity index (χ2n) is 4.06. The second kappa shape index (κ2) is 7.30. The van der Waals surface area contributed by atoms with E-state index in [2.05, 4.69) is 17.9 Å². The van der Waals surface area contributed by atoms with Crippen molar-refractivity contribution in [1.82, 2.24) is 0 Å². The SMILES string of the molecule is CC[C@@H](O)c1ccccc1N(CC)CCOC. The predicted octanol–water partition coefficient (Wildman–Crippen LogP) is 2.60. The summed E-state index contributed by atoms with van der Waals surface area (Å²) in [5.74, 6) is 0. The largest absolute Gasteiger partial charge is 0.388 e. The molecule has 0 aliphatic heterocycles. The number of likely N-dealkylation sites (N-methyl/N-ethyl adjacent to an activating group) is 1. The van der Waals surface area contributed by atoms with Crippen LogP contribution in [0.25, 0.3) is 0 Å². The maximum Gasteiger partial charge on any atom is 0.0807 e. The van der Waals surface area contributed by atoms with Crippen molar-refractivity contribution in [2.75, 3.05) is 31.7 Å². The molecule has 1 atom stereocenters. The third kappa shape index (κ3) is 3.72. The van der Waals surface area contributed by atoms with E-state index < -0.39 is 0 Å². The summed E-state index contributed by atoms with van der Waals surface area (Å²) in [6.07, 6.45) is 0.349. The number of para-hydroxylation sites is 1. The van der Waals surface area contributed by atoms with Crippen molar-refractivity contribution in [2.45, 2.75) is 26.4 Å². The van der Waals surface area contributed by atoms with E-state index in [4.69, 9.17) is 4.74 Å². The molecule has 0 aliphatic carbocycles. The van der Waals surface area contributed by atoms with Gasteiger partial charge in [-0.2, -0.15) is 0 Å². The maximum atomic E-state index is 10.0. The van der Waals surface area contributed by atoms with Crippen molar-refractivity contribution in [3.63, 3.8) is 0 Å². The zero-order chi connectivity index (χ0) is 12.7. The van der Waals surface area contributed by atoms with Crippen LogP contribution in [0.1, 0.15) is 31.9 Å². The average molecular weight is 237 g/mol. The molecule has 0 aromatic heterocycles. The number of hydrogen-bond donors (Lipinski definition) is 1. The number of methoxy groups -OCH3 is 1. The van der Waals surface area contributed by atoms with Gasteiger partial charge in [-0.1, -0.05) is 25.1 Å². The van der Waals surface area contributed by atoms with Gasteiger partial charge in [-0.25, -0.2) is 0 Å². The Labute approximate surface area is 104 Å². The van der Waals surface area contributed by atoms with E-state index in [1.165, 1.54) is 0 Å². The van der Waals surface area contributed by atoms with Crippen LogP contribution in [0.3, 0.4) is 0 Å². The first kappa shape index (κ1) is 14.0. The van der Waals surface area contributed by atoms with Gasteiger partial charge in [0.05, 0.1) is 12.7 Å². The van der Waals surface area contributed by atoms with Crippen molar-refractivity contribution in [3.05, 3.63) is 29.8 Å². The van der Waals surface area contributed by atoms with Gasteiger partial charge < -0.3 is 14.7 Å². The molecule has 0 unspecified atom stereocenters. The van der Waals surface area contributed by atoms with Crippen LogP contribution in [-0.2, 0) is 4.74 Å². The molecule has 0 amide bonds. The molecular formula is C14H23NO2. The van der Waals surface area contributed by atoms with Gasteiger partial charge >= 0.3 is 0 Å². The number of aliphatic hydroxyl groups is 1. The van der Waals surface area contributed by atoms with Gasteiger partial charge in [0.15, 0.2) is 0 Å². The van der Waals surface area contributed by atoms with Crippen LogP contribution in [0, 0.1) is 0 Å². The molecule has 1 N–H and O–H groups in total. The Balaban J connectivity index is 2.93. The normalized spacial score (nSPS) is 12.5. The molecule has 17 heavy (non-hydrogen) atoms. The van der Waals surface area contributed by atoms with E-state index in [1.807, 2.05) is 25.1 Å². The lowest BCUT2D eigenvalue weighted by Crippen LogP contribution is -2.28. The highest BCUT2D eigenvalue weighted by Gasteiger charge is 2.14. The van der Waals surface area contributed by atoms with E-state index in [-0.39, 0.29) is 6.10 Å². The van der Waals surface area contributed by atoms with E-state index in [1.54, 1.807) is 7.11 Å². The molecule has 1 aromatic carbocycles. The fourth-order valence-corrected chi connectivity index (χ4v) is 1.93. The smallest absolute Gasteiger partial charge is 0.0807 e. The van der Waals surface area contributed by atoms with Crippen LogP contribution < -0.4 is 4.90 Å². The highest BCUT2D eigenvalue weighted by atomic mass is 16.5. The Morgan fingerprint density at radius 1 is 1.29 bits per heavy atom. The van der Waals surface area contributed by atoms with Crippen LogP contribution >= 0.6 is 0 Å². The summed E-state index contributed by atoms with van der Waals surface area (Å²) in [5, 5.41) is 10.0. The summed E-state index contributed by atoms with van der Waals surface area (Å²) in [7, 11) is 1.71. The van der Waals surface area contributed by atoms with Gasteiger partial charge in [0, 0.05) is 31.5 Å². The molecule has 0 heterocycles. The number of benzene rings is 1. The van der Waals surface area contributed by atoms with Gasteiger partial charge in [0.2, 0.25) is 0 Å². The summed E-state index contributed by atoms with van der Waals surface area (Å²) in [5.41, 5.74) is 2.12. The number of anilines is 1. The number of ether oxygens (including phenoxy) is 1. The van der Waals surface area contributed by atoms with E-state index >= 15 is 0 Å². The number of rotatable bonds is 7. The van der Waals surface area contributed by atoms with Gasteiger partial charge in [0.1, 0.15) is 0 Å². The molecule has 0 aliphatic rings. The Morgan fingerprint density at radius 3 is 2.59 bits per heavy atom. The lowest BCUT2D eigenvalue weighted by Gasteiger charge is -2.26. The van der Waals surface area contributed by atoms with Crippen LogP contribution in [0.2, 0.25) is 0 Å². The predicted molar refractivity (Wildman–Crippen MR) is 71.5 cm³/mol. The third-order valence-corrected chi connectivity index (χ3v) is 2.97. The lowest BCUT2D eigenvalue weighted by atomic mass is 10.0. The summed E-state index contributed by atoms with van der Waals surface area (Å²) in [4.78, 5) is 2.23. The standard InChI is InChI=1S/C14H23NO2/c1-4-14(16)12-8-6-7-9-13(12)15(5-2)10-11-17-3/h6-9,14,16H,4-5,10-11H2,1-3H3/t14-/m1/s1. The molecule has 0 radical (unpaired) electrons. The average Bonchev–Trinajstić information content (AvgIpc) is 2.39. The maximum absolute atomic E-state index is 10.0. The molecule has 3 heteroatoms. The minimum Gasteiger partial charge on any atom is -0.388 e. The molecule has 3 nitrogen and oxygen atoms in total. The van der Waals surface area contributed by atoms with Crippen molar-refractivity contribution in [3.8, 4) is 0 Å². The Morgan fingerprint density at radius 2 is 2.00 bits per heavy atom. The number of hydrogen-bond acceptors (Lipinski definition) is 3. The first-order chi connectivity index (χ1) is 8.24. The zero-order valence-corrected chi connectivity index (χ0v) is 11.0. The monoisotopic (exact) mass is 237 g/mol. The minimum atomic E-state index is -0.386. The number of aliphatic hydroxyl groups excluding tert-OH is 1. The molecule has 0 spiro atoms. The molecule has 0 saturated heterocycles. The lowest BCUT2D eigenvalue weighted by molar-refractivity contribution is 0.173. The van der Waals surface area contributed by atoms with E-state index in [9.17, 15) is 5.11 Å². The molecular weight excluding hydrogens is 214 g/mol. The van der Waals surface area contributed by atoms with Crippen LogP contribution in [-0.4, -0.2) is 31.9 Å². The highest BCUT2D eigenvalue weighted by Crippen LogP contribution is 2.27.